The van der Waals surface area contributed by atoms with Gasteiger partial charge < -0.3 is 10.4 Å². The zero-order chi connectivity index (χ0) is 21.3. The molecular weight excluding hydrogens is 417 g/mol. The third-order valence-corrected chi connectivity index (χ3v) is 4.31. The number of alkyl halides is 3. The van der Waals surface area contributed by atoms with Crippen LogP contribution >= 0.6 is 11.6 Å². The molecule has 0 saturated carbocycles. The van der Waals surface area contributed by atoms with Crippen molar-refractivity contribution >= 4 is 23.2 Å². The molecule has 150 valence electrons. The van der Waals surface area contributed by atoms with E-state index in [1.165, 1.54) is 24.3 Å². The second-order valence-corrected chi connectivity index (χ2v) is 6.41. The number of phenolic OH excluding ortho intramolecular Hbond substituents is 1. The summed E-state index contributed by atoms with van der Waals surface area (Å²) >= 11 is 6.05. The van der Waals surface area contributed by atoms with Gasteiger partial charge in [0.15, 0.2) is 0 Å². The lowest BCUT2D eigenvalue weighted by Gasteiger charge is -2.15. The van der Waals surface area contributed by atoms with Gasteiger partial charge in [0, 0.05) is 21.7 Å². The molecule has 0 saturated heterocycles. The van der Waals surface area contributed by atoms with Crippen molar-refractivity contribution in [2.24, 2.45) is 0 Å². The minimum atomic E-state index is -4.84. The molecule has 0 aliphatic heterocycles. The lowest BCUT2D eigenvalue weighted by atomic mass is 10.0. The van der Waals surface area contributed by atoms with Crippen molar-refractivity contribution in [2.45, 2.75) is 6.18 Å². The zero-order valence-electron chi connectivity index (χ0n) is 14.3. The number of hydrogen-bond acceptors (Lipinski definition) is 2. The van der Waals surface area contributed by atoms with E-state index in [0.717, 1.165) is 12.1 Å². The fraction of sp³-hybridized carbons (Fsp3) is 0.0500. The number of anilines is 1. The summed E-state index contributed by atoms with van der Waals surface area (Å²) < 4.78 is 65.9. The highest BCUT2D eigenvalue weighted by molar-refractivity contribution is 6.33. The van der Waals surface area contributed by atoms with Crippen LogP contribution < -0.4 is 5.32 Å². The van der Waals surface area contributed by atoms with Gasteiger partial charge in [-0.15, -0.1) is 0 Å². The van der Waals surface area contributed by atoms with E-state index in [1.807, 2.05) is 0 Å². The van der Waals surface area contributed by atoms with Gasteiger partial charge >= 0.3 is 6.18 Å². The highest BCUT2D eigenvalue weighted by atomic mass is 35.5. The number of carbonyl (C=O) groups excluding carboxylic acids is 1. The molecule has 0 aliphatic rings. The first-order valence-corrected chi connectivity index (χ1v) is 8.40. The van der Waals surface area contributed by atoms with E-state index in [9.17, 15) is 31.9 Å². The smallest absolute Gasteiger partial charge is 0.416 e. The summed E-state index contributed by atoms with van der Waals surface area (Å²) in [6.07, 6.45) is -4.84. The Balaban J connectivity index is 2.04. The Morgan fingerprint density at radius 2 is 1.69 bits per heavy atom. The molecule has 9 heteroatoms. The minimum Gasteiger partial charge on any atom is -0.507 e. The average Bonchev–Trinajstić information content (AvgIpc) is 2.63. The minimum absolute atomic E-state index is 0.0437. The van der Waals surface area contributed by atoms with E-state index in [0.29, 0.717) is 12.1 Å². The van der Waals surface area contributed by atoms with Crippen LogP contribution in [0.2, 0.25) is 5.02 Å². The van der Waals surface area contributed by atoms with Crippen LogP contribution in [0.1, 0.15) is 15.9 Å². The van der Waals surface area contributed by atoms with Gasteiger partial charge in [0.25, 0.3) is 5.91 Å². The normalized spacial score (nSPS) is 11.4. The van der Waals surface area contributed by atoms with Crippen LogP contribution in [-0.2, 0) is 6.18 Å². The second kappa shape index (κ2) is 7.71. The number of phenols is 1. The molecule has 3 aromatic carbocycles. The van der Waals surface area contributed by atoms with Crippen LogP contribution in [0.25, 0.3) is 11.1 Å². The molecule has 3 nitrogen and oxygen atoms in total. The molecule has 0 aromatic heterocycles. The van der Waals surface area contributed by atoms with Gasteiger partial charge in [-0.05, 0) is 48.5 Å². The van der Waals surface area contributed by atoms with Crippen molar-refractivity contribution < 1.29 is 31.9 Å². The van der Waals surface area contributed by atoms with Crippen molar-refractivity contribution in [1.29, 1.82) is 0 Å². The predicted octanol–water partition coefficient (Wildman–Crippen LogP) is 6.26. The fourth-order valence-electron chi connectivity index (χ4n) is 2.70. The summed E-state index contributed by atoms with van der Waals surface area (Å²) in [4.78, 5) is 12.5. The van der Waals surface area contributed by atoms with Gasteiger partial charge in [-0.1, -0.05) is 17.7 Å². The molecule has 0 unspecified atom stereocenters. The first-order valence-electron chi connectivity index (χ1n) is 8.03. The van der Waals surface area contributed by atoms with Crippen LogP contribution in [0.4, 0.5) is 27.6 Å². The molecule has 0 aliphatic carbocycles. The van der Waals surface area contributed by atoms with Crippen molar-refractivity contribution in [3.63, 3.8) is 0 Å². The summed E-state index contributed by atoms with van der Waals surface area (Å²) in [5, 5.41) is 12.6. The molecule has 0 radical (unpaired) electrons. The van der Waals surface area contributed by atoms with E-state index in [4.69, 9.17) is 11.6 Å². The lowest BCUT2D eigenvalue weighted by molar-refractivity contribution is -0.137. The first-order chi connectivity index (χ1) is 13.6. The van der Waals surface area contributed by atoms with Crippen LogP contribution in [0.3, 0.4) is 0 Å². The van der Waals surface area contributed by atoms with Crippen LogP contribution in [0.15, 0.2) is 54.6 Å². The topological polar surface area (TPSA) is 49.3 Å². The summed E-state index contributed by atoms with van der Waals surface area (Å²) in [6.45, 7) is 0. The summed E-state index contributed by atoms with van der Waals surface area (Å²) in [5.74, 6) is -3.32. The van der Waals surface area contributed by atoms with Crippen molar-refractivity contribution in [1.82, 2.24) is 0 Å². The molecule has 29 heavy (non-hydrogen) atoms. The summed E-state index contributed by atoms with van der Waals surface area (Å²) in [5.41, 5.74) is -1.96. The molecular formula is C20H11ClF5NO2. The molecule has 1 amide bonds. The van der Waals surface area contributed by atoms with Gasteiger partial charge in [-0.3, -0.25) is 4.79 Å². The number of halogens is 6. The van der Waals surface area contributed by atoms with Gasteiger partial charge in [0.05, 0.1) is 11.3 Å². The molecule has 0 bridgehead atoms. The zero-order valence-corrected chi connectivity index (χ0v) is 15.1. The molecule has 0 fully saturated rings. The van der Waals surface area contributed by atoms with E-state index in [-0.39, 0.29) is 33.7 Å². The van der Waals surface area contributed by atoms with E-state index in [2.05, 4.69) is 5.32 Å². The number of hydrogen-bond donors (Lipinski definition) is 2. The summed E-state index contributed by atoms with van der Waals surface area (Å²) in [7, 11) is 0. The molecule has 0 spiro atoms. The van der Waals surface area contributed by atoms with E-state index >= 15 is 0 Å². The van der Waals surface area contributed by atoms with Gasteiger partial charge in [-0.25, -0.2) is 8.78 Å². The van der Waals surface area contributed by atoms with E-state index < -0.39 is 34.8 Å². The fourth-order valence-corrected chi connectivity index (χ4v) is 2.91. The molecule has 2 N–H and O–H groups in total. The Morgan fingerprint density at radius 1 is 0.966 bits per heavy atom. The maximum Gasteiger partial charge on any atom is 0.416 e. The SMILES string of the molecule is O=C(Nc1cccc(O)c1-c1cc(F)ccc1Cl)c1cc(F)cc(C(F)(F)F)c1. The van der Waals surface area contributed by atoms with Crippen molar-refractivity contribution in [2.75, 3.05) is 5.32 Å². The van der Waals surface area contributed by atoms with Crippen LogP contribution in [0.5, 0.6) is 5.75 Å². The van der Waals surface area contributed by atoms with Crippen molar-refractivity contribution in [3.8, 4) is 16.9 Å². The number of benzene rings is 3. The number of nitrogens with one attached hydrogen (secondary N) is 1. The molecule has 0 heterocycles. The lowest BCUT2D eigenvalue weighted by Crippen LogP contribution is -2.15. The average molecular weight is 428 g/mol. The number of amides is 1. The Morgan fingerprint density at radius 3 is 2.38 bits per heavy atom. The molecule has 3 aromatic rings. The molecule has 0 atom stereocenters. The molecule has 3 rings (SSSR count). The quantitative estimate of drug-likeness (QED) is 0.484. The standard InChI is InChI=1S/C20H11ClF5NO2/c21-15-5-4-12(22)9-14(15)18-16(2-1-3-17(18)28)27-19(29)10-6-11(20(24,25)26)8-13(23)7-10/h1-9,28H,(H,27,29). The highest BCUT2D eigenvalue weighted by Gasteiger charge is 2.32. The third-order valence-electron chi connectivity index (χ3n) is 3.98. The number of rotatable bonds is 3. The predicted molar refractivity (Wildman–Crippen MR) is 97.9 cm³/mol. The largest absolute Gasteiger partial charge is 0.507 e. The summed E-state index contributed by atoms with van der Waals surface area (Å²) in [6, 6.07) is 8.71. The van der Waals surface area contributed by atoms with Crippen LogP contribution in [0, 0.1) is 11.6 Å². The van der Waals surface area contributed by atoms with Gasteiger partial charge in [0.1, 0.15) is 17.4 Å². The maximum absolute atomic E-state index is 13.6. The van der Waals surface area contributed by atoms with Gasteiger partial charge in [-0.2, -0.15) is 13.2 Å². The second-order valence-electron chi connectivity index (χ2n) is 6.00. The Bertz CT molecular complexity index is 1100. The monoisotopic (exact) mass is 427 g/mol. The Kier molecular flexibility index (Phi) is 5.48. The first kappa shape index (κ1) is 20.6. The number of aromatic hydroxyl groups is 1. The van der Waals surface area contributed by atoms with Crippen molar-refractivity contribution in [3.05, 3.63) is 82.4 Å². The highest BCUT2D eigenvalue weighted by Crippen LogP contribution is 2.40. The maximum atomic E-state index is 13.6. The van der Waals surface area contributed by atoms with E-state index in [1.54, 1.807) is 0 Å². The Hall–Kier alpha value is -3.13. The van der Waals surface area contributed by atoms with Crippen LogP contribution in [-0.4, -0.2) is 11.0 Å². The third kappa shape index (κ3) is 4.48. The van der Waals surface area contributed by atoms with Gasteiger partial charge in [0.2, 0.25) is 0 Å². The number of carbonyl (C=O) groups is 1. The Labute approximate surface area is 166 Å².